The molecule has 15 heavy (non-hydrogen) atoms. The summed E-state index contributed by atoms with van der Waals surface area (Å²) in [6.07, 6.45) is 0.772. The van der Waals surface area contributed by atoms with Gasteiger partial charge in [-0.25, -0.2) is 0 Å². The van der Waals surface area contributed by atoms with Gasteiger partial charge in [-0.2, -0.15) is 0 Å². The van der Waals surface area contributed by atoms with Crippen molar-refractivity contribution in [2.75, 3.05) is 6.61 Å². The number of aldehydes is 1. The minimum atomic E-state index is -0.413. The van der Waals surface area contributed by atoms with E-state index in [9.17, 15) is 4.79 Å². The number of halogens is 1. The van der Waals surface area contributed by atoms with Gasteiger partial charge in [-0.3, -0.25) is 4.79 Å². The van der Waals surface area contributed by atoms with Crippen LogP contribution in [0.25, 0.3) is 0 Å². The number of hydrogen-bond donors (Lipinski definition) is 1. The molecule has 82 valence electrons. The van der Waals surface area contributed by atoms with Crippen molar-refractivity contribution in [1.29, 1.82) is 0 Å². The van der Waals surface area contributed by atoms with E-state index in [1.807, 2.05) is 0 Å². The lowest BCUT2D eigenvalue weighted by Crippen LogP contribution is -2.08. The average molecular weight is 229 g/mol. The molecule has 4 heteroatoms. The fourth-order valence-corrected chi connectivity index (χ4v) is 1.31. The van der Waals surface area contributed by atoms with Gasteiger partial charge in [0.25, 0.3) is 0 Å². The zero-order valence-corrected chi connectivity index (χ0v) is 9.20. The molecule has 0 spiro atoms. The molecular formula is C11H13ClO3. The Morgan fingerprint density at radius 1 is 1.60 bits per heavy atom. The van der Waals surface area contributed by atoms with Crippen LogP contribution in [0.5, 0.6) is 5.75 Å². The Morgan fingerprint density at radius 2 is 2.33 bits per heavy atom. The summed E-state index contributed by atoms with van der Waals surface area (Å²) in [5.74, 6) is 0.457. The lowest BCUT2D eigenvalue weighted by Gasteiger charge is -2.10. The molecule has 0 fully saturated rings. The summed E-state index contributed by atoms with van der Waals surface area (Å²) in [5.41, 5.74) is 0.352. The molecule has 1 atom stereocenters. The summed E-state index contributed by atoms with van der Waals surface area (Å²) in [7, 11) is 0. The van der Waals surface area contributed by atoms with E-state index in [4.69, 9.17) is 21.4 Å². The molecule has 0 saturated heterocycles. The normalized spacial score (nSPS) is 12.2. The summed E-state index contributed by atoms with van der Waals surface area (Å²) in [6.45, 7) is 2.04. The standard InChI is InChI=1S/C11H13ClO3/c1-8(14)5-6-15-11-4-2-3-10(12)9(11)7-13/h2-4,7-8,14H,5-6H2,1H3. The number of aliphatic hydroxyl groups is 1. The van der Waals surface area contributed by atoms with Crippen LogP contribution in [-0.2, 0) is 0 Å². The predicted molar refractivity (Wildman–Crippen MR) is 58.6 cm³/mol. The van der Waals surface area contributed by atoms with Crippen molar-refractivity contribution in [3.63, 3.8) is 0 Å². The summed E-state index contributed by atoms with van der Waals surface area (Å²) >= 11 is 5.81. The van der Waals surface area contributed by atoms with Crippen LogP contribution in [0.1, 0.15) is 23.7 Å². The Labute approximate surface area is 93.6 Å². The van der Waals surface area contributed by atoms with E-state index in [1.165, 1.54) is 0 Å². The SMILES string of the molecule is CC(O)CCOc1cccc(Cl)c1C=O. The molecule has 0 saturated carbocycles. The Bertz CT molecular complexity index is 337. The quantitative estimate of drug-likeness (QED) is 0.787. The van der Waals surface area contributed by atoms with Crippen LogP contribution >= 0.6 is 11.6 Å². The highest BCUT2D eigenvalue weighted by Gasteiger charge is 2.07. The molecule has 1 N–H and O–H groups in total. The molecule has 0 radical (unpaired) electrons. The third-order valence-corrected chi connectivity index (χ3v) is 2.25. The first-order valence-electron chi connectivity index (χ1n) is 4.69. The molecule has 1 rings (SSSR count). The van der Waals surface area contributed by atoms with Gasteiger partial charge in [0.2, 0.25) is 0 Å². The first-order chi connectivity index (χ1) is 7.15. The molecule has 3 nitrogen and oxygen atoms in total. The minimum absolute atomic E-state index is 0.352. The molecule has 0 heterocycles. The first-order valence-corrected chi connectivity index (χ1v) is 5.07. The summed E-state index contributed by atoms with van der Waals surface area (Å²) in [5, 5.41) is 9.41. The van der Waals surface area contributed by atoms with Crippen molar-refractivity contribution in [2.45, 2.75) is 19.4 Å². The average Bonchev–Trinajstić information content (AvgIpc) is 2.17. The maximum atomic E-state index is 10.7. The van der Waals surface area contributed by atoms with E-state index in [1.54, 1.807) is 25.1 Å². The van der Waals surface area contributed by atoms with Gasteiger partial charge < -0.3 is 9.84 Å². The van der Waals surface area contributed by atoms with Gasteiger partial charge in [0.1, 0.15) is 5.75 Å². The topological polar surface area (TPSA) is 46.5 Å². The second-order valence-corrected chi connectivity index (χ2v) is 3.66. The number of hydrogen-bond acceptors (Lipinski definition) is 3. The van der Waals surface area contributed by atoms with Gasteiger partial charge >= 0.3 is 0 Å². The predicted octanol–water partition coefficient (Wildman–Crippen LogP) is 2.30. The molecular weight excluding hydrogens is 216 g/mol. The van der Waals surface area contributed by atoms with Gasteiger partial charge in [0.15, 0.2) is 6.29 Å². The maximum Gasteiger partial charge on any atom is 0.155 e. The number of ether oxygens (including phenoxy) is 1. The highest BCUT2D eigenvalue weighted by Crippen LogP contribution is 2.24. The number of carbonyl (C=O) groups is 1. The molecule has 0 aromatic heterocycles. The van der Waals surface area contributed by atoms with E-state index in [2.05, 4.69) is 0 Å². The van der Waals surface area contributed by atoms with Crippen molar-refractivity contribution >= 4 is 17.9 Å². The smallest absolute Gasteiger partial charge is 0.155 e. The van der Waals surface area contributed by atoms with Crippen LogP contribution in [0.3, 0.4) is 0 Å². The summed E-state index contributed by atoms with van der Waals surface area (Å²) in [4.78, 5) is 10.7. The molecule has 0 aliphatic rings. The van der Waals surface area contributed by atoms with E-state index < -0.39 is 6.10 Å². The Balaban J connectivity index is 2.68. The van der Waals surface area contributed by atoms with Crippen LogP contribution in [0.4, 0.5) is 0 Å². The van der Waals surface area contributed by atoms with E-state index in [0.717, 1.165) is 0 Å². The zero-order valence-electron chi connectivity index (χ0n) is 8.44. The first kappa shape index (κ1) is 12.0. The van der Waals surface area contributed by atoms with Crippen molar-refractivity contribution in [3.05, 3.63) is 28.8 Å². The second kappa shape index (κ2) is 5.73. The van der Waals surface area contributed by atoms with Crippen molar-refractivity contribution in [3.8, 4) is 5.75 Å². The molecule has 1 aromatic rings. The monoisotopic (exact) mass is 228 g/mol. The van der Waals surface area contributed by atoms with Gasteiger partial charge in [-0.15, -0.1) is 0 Å². The van der Waals surface area contributed by atoms with Crippen molar-refractivity contribution < 1.29 is 14.6 Å². The Hall–Kier alpha value is -1.06. The fourth-order valence-electron chi connectivity index (χ4n) is 1.10. The minimum Gasteiger partial charge on any atom is -0.493 e. The van der Waals surface area contributed by atoms with Crippen molar-refractivity contribution in [1.82, 2.24) is 0 Å². The molecule has 1 unspecified atom stereocenters. The Morgan fingerprint density at radius 3 is 2.93 bits per heavy atom. The van der Waals surface area contributed by atoms with Crippen LogP contribution in [-0.4, -0.2) is 24.1 Å². The fraction of sp³-hybridized carbons (Fsp3) is 0.364. The van der Waals surface area contributed by atoms with E-state index >= 15 is 0 Å². The van der Waals surface area contributed by atoms with E-state index in [-0.39, 0.29) is 0 Å². The maximum absolute atomic E-state index is 10.7. The van der Waals surface area contributed by atoms with Gasteiger partial charge in [0, 0.05) is 6.42 Å². The Kier molecular flexibility index (Phi) is 4.59. The third kappa shape index (κ3) is 3.53. The van der Waals surface area contributed by atoms with E-state index in [0.29, 0.717) is 35.6 Å². The van der Waals surface area contributed by atoms with Crippen molar-refractivity contribution in [2.24, 2.45) is 0 Å². The van der Waals surface area contributed by atoms with Crippen LogP contribution in [0, 0.1) is 0 Å². The van der Waals surface area contributed by atoms with Gasteiger partial charge in [-0.1, -0.05) is 17.7 Å². The number of carbonyl (C=O) groups excluding carboxylic acids is 1. The molecule has 0 bridgehead atoms. The number of rotatable bonds is 5. The highest BCUT2D eigenvalue weighted by atomic mass is 35.5. The highest BCUT2D eigenvalue weighted by molar-refractivity contribution is 6.33. The third-order valence-electron chi connectivity index (χ3n) is 1.92. The summed E-state index contributed by atoms with van der Waals surface area (Å²) in [6, 6.07) is 5.03. The van der Waals surface area contributed by atoms with Crippen LogP contribution in [0.15, 0.2) is 18.2 Å². The van der Waals surface area contributed by atoms with Gasteiger partial charge in [-0.05, 0) is 19.1 Å². The van der Waals surface area contributed by atoms with Gasteiger partial charge in [0.05, 0.1) is 23.3 Å². The number of aliphatic hydroxyl groups excluding tert-OH is 1. The largest absolute Gasteiger partial charge is 0.493 e. The lowest BCUT2D eigenvalue weighted by atomic mass is 10.2. The zero-order chi connectivity index (χ0) is 11.3. The second-order valence-electron chi connectivity index (χ2n) is 3.26. The number of benzene rings is 1. The van der Waals surface area contributed by atoms with Crippen LogP contribution < -0.4 is 4.74 Å². The van der Waals surface area contributed by atoms with Crippen LogP contribution in [0.2, 0.25) is 5.02 Å². The molecule has 0 aliphatic carbocycles. The summed E-state index contributed by atoms with van der Waals surface area (Å²) < 4.78 is 5.34. The lowest BCUT2D eigenvalue weighted by molar-refractivity contribution is 0.111. The molecule has 0 amide bonds. The molecule has 1 aromatic carbocycles. The molecule has 0 aliphatic heterocycles.